The Labute approximate surface area is 184 Å². The van der Waals surface area contributed by atoms with Crippen LogP contribution in [0.2, 0.25) is 0 Å². The Morgan fingerprint density at radius 1 is 1.19 bits per heavy atom. The predicted molar refractivity (Wildman–Crippen MR) is 117 cm³/mol. The van der Waals surface area contributed by atoms with Crippen LogP contribution in [0.15, 0.2) is 63.1 Å². The third kappa shape index (κ3) is 3.31. The molecule has 0 radical (unpaired) electrons. The topological polar surface area (TPSA) is 125 Å². The maximum absolute atomic E-state index is 13.5. The van der Waals surface area contributed by atoms with Gasteiger partial charge in [0.15, 0.2) is 5.84 Å². The van der Waals surface area contributed by atoms with Gasteiger partial charge in [-0.1, -0.05) is 18.6 Å². The smallest absolute Gasteiger partial charge is 0.286 e. The number of aliphatic hydroxyl groups excluding tert-OH is 1. The quantitative estimate of drug-likeness (QED) is 0.610. The third-order valence-corrected chi connectivity index (χ3v) is 7.53. The van der Waals surface area contributed by atoms with Crippen molar-refractivity contribution in [2.24, 2.45) is 10.3 Å². The first-order valence-corrected chi connectivity index (χ1v) is 11.7. The molecule has 2 aromatic carbocycles. The van der Waals surface area contributed by atoms with Crippen LogP contribution >= 0.6 is 0 Å². The summed E-state index contributed by atoms with van der Waals surface area (Å²) < 4.78 is 42.7. The number of carbonyl (C=O) groups is 1. The summed E-state index contributed by atoms with van der Waals surface area (Å²) in [5.41, 5.74) is 6.79. The number of aliphatic hydroxyl groups is 1. The Morgan fingerprint density at radius 3 is 2.69 bits per heavy atom. The Morgan fingerprint density at radius 2 is 1.94 bits per heavy atom. The first-order valence-electron chi connectivity index (χ1n) is 10.2. The van der Waals surface area contributed by atoms with Crippen LogP contribution < -0.4 is 11.1 Å². The second-order valence-corrected chi connectivity index (χ2v) is 9.79. The van der Waals surface area contributed by atoms with Gasteiger partial charge in [0.05, 0.1) is 5.69 Å². The van der Waals surface area contributed by atoms with Crippen LogP contribution in [0, 0.1) is 11.7 Å². The van der Waals surface area contributed by atoms with Gasteiger partial charge in [-0.15, -0.1) is 4.40 Å². The molecule has 2 unspecified atom stereocenters. The van der Waals surface area contributed by atoms with Gasteiger partial charge in [0.2, 0.25) is 0 Å². The van der Waals surface area contributed by atoms with E-state index in [0.717, 1.165) is 18.4 Å². The van der Waals surface area contributed by atoms with Crippen LogP contribution in [0.5, 0.6) is 0 Å². The molecule has 2 atom stereocenters. The van der Waals surface area contributed by atoms with Crippen LogP contribution in [0.25, 0.3) is 0 Å². The molecule has 2 aliphatic heterocycles. The molecule has 0 spiro atoms. The second kappa shape index (κ2) is 7.33. The molecule has 0 saturated heterocycles. The Balaban J connectivity index is 1.57. The molecule has 32 heavy (non-hydrogen) atoms. The fourth-order valence-corrected chi connectivity index (χ4v) is 5.86. The Hall–Kier alpha value is -3.40. The number of hydrogen-bond donors (Lipinski definition) is 3. The molecule has 5 rings (SSSR count). The zero-order valence-electron chi connectivity index (χ0n) is 17.0. The molecule has 2 aromatic rings. The average molecular weight is 456 g/mol. The van der Waals surface area contributed by atoms with Crippen molar-refractivity contribution in [2.45, 2.75) is 36.7 Å². The summed E-state index contributed by atoms with van der Waals surface area (Å²) in [7, 11) is -4.13. The van der Waals surface area contributed by atoms with E-state index in [1.807, 2.05) is 0 Å². The van der Waals surface area contributed by atoms with Crippen LogP contribution in [0.1, 0.15) is 24.8 Å². The SMILES string of the molecule is Nc1ccc2c(c1)S(=O)(=O)N=C(C1=C(O)C3CCCC3N(Cc3ccc(F)cc3)C1=O)N2. The number of hydrogen-bond acceptors (Lipinski definition) is 6. The van der Waals surface area contributed by atoms with Crippen molar-refractivity contribution in [3.8, 4) is 0 Å². The van der Waals surface area contributed by atoms with Crippen LogP contribution in [0.3, 0.4) is 0 Å². The summed E-state index contributed by atoms with van der Waals surface area (Å²) in [4.78, 5) is 15.1. The fraction of sp³-hybridized carbons (Fsp3) is 0.273. The molecule has 1 aliphatic carbocycles. The minimum Gasteiger partial charge on any atom is -0.511 e. The van der Waals surface area contributed by atoms with E-state index in [2.05, 4.69) is 9.71 Å². The Kier molecular flexibility index (Phi) is 4.70. The molecule has 2 heterocycles. The number of anilines is 2. The van der Waals surface area contributed by atoms with E-state index in [9.17, 15) is 22.7 Å². The number of sulfonamides is 1. The highest BCUT2D eigenvalue weighted by atomic mass is 32.2. The van der Waals surface area contributed by atoms with E-state index in [1.54, 1.807) is 17.0 Å². The lowest BCUT2D eigenvalue weighted by Crippen LogP contribution is -2.49. The minimum absolute atomic E-state index is 0.0912. The number of amidine groups is 1. The summed E-state index contributed by atoms with van der Waals surface area (Å²) in [6.07, 6.45) is 2.20. The average Bonchev–Trinajstić information content (AvgIpc) is 3.23. The van der Waals surface area contributed by atoms with E-state index in [-0.39, 0.29) is 57.8 Å². The first-order chi connectivity index (χ1) is 15.2. The summed E-state index contributed by atoms with van der Waals surface area (Å²) in [5, 5.41) is 13.9. The van der Waals surface area contributed by atoms with Gasteiger partial charge in [-0.05, 0) is 48.7 Å². The number of halogens is 1. The number of amides is 1. The normalized spacial score (nSPS) is 24.0. The minimum atomic E-state index is -4.13. The van der Waals surface area contributed by atoms with E-state index >= 15 is 0 Å². The van der Waals surface area contributed by atoms with Crippen LogP contribution in [-0.2, 0) is 21.4 Å². The summed E-state index contributed by atoms with van der Waals surface area (Å²) in [6, 6.07) is 9.97. The van der Waals surface area contributed by atoms with Gasteiger partial charge >= 0.3 is 0 Å². The van der Waals surface area contributed by atoms with Gasteiger partial charge in [0.25, 0.3) is 15.9 Å². The summed E-state index contributed by atoms with van der Waals surface area (Å²) in [5.74, 6) is -1.56. The Bertz CT molecular complexity index is 1290. The highest BCUT2D eigenvalue weighted by Gasteiger charge is 2.46. The maximum atomic E-state index is 13.5. The van der Waals surface area contributed by atoms with Crippen LogP contribution in [0.4, 0.5) is 15.8 Å². The molecule has 3 aliphatic rings. The molecule has 0 aromatic heterocycles. The first kappa shape index (κ1) is 20.5. The van der Waals surface area contributed by atoms with E-state index in [1.165, 1.54) is 30.3 Å². The van der Waals surface area contributed by atoms with E-state index in [4.69, 9.17) is 5.73 Å². The second-order valence-electron chi connectivity index (χ2n) is 8.22. The van der Waals surface area contributed by atoms with Gasteiger partial charge in [-0.25, -0.2) is 4.39 Å². The summed E-state index contributed by atoms with van der Waals surface area (Å²) in [6.45, 7) is 0.213. The molecule has 1 amide bonds. The molecule has 1 saturated carbocycles. The van der Waals surface area contributed by atoms with Crippen molar-refractivity contribution in [3.63, 3.8) is 0 Å². The van der Waals surface area contributed by atoms with E-state index in [0.29, 0.717) is 6.42 Å². The van der Waals surface area contributed by atoms with Crippen molar-refractivity contribution >= 4 is 33.1 Å². The highest BCUT2D eigenvalue weighted by molar-refractivity contribution is 7.90. The number of rotatable bonds is 3. The third-order valence-electron chi connectivity index (χ3n) is 6.21. The van der Waals surface area contributed by atoms with Gasteiger partial charge in [-0.3, -0.25) is 4.79 Å². The number of nitrogens with zero attached hydrogens (tertiary/aromatic N) is 2. The van der Waals surface area contributed by atoms with Gasteiger partial charge in [0.1, 0.15) is 22.0 Å². The van der Waals surface area contributed by atoms with Gasteiger partial charge in [0, 0.05) is 24.2 Å². The largest absolute Gasteiger partial charge is 0.511 e. The van der Waals surface area contributed by atoms with Crippen molar-refractivity contribution in [2.75, 3.05) is 11.1 Å². The van der Waals surface area contributed by atoms with Crippen molar-refractivity contribution in [1.82, 2.24) is 4.90 Å². The van der Waals surface area contributed by atoms with E-state index < -0.39 is 15.9 Å². The van der Waals surface area contributed by atoms with Crippen molar-refractivity contribution in [3.05, 3.63) is 65.2 Å². The highest BCUT2D eigenvalue weighted by Crippen LogP contribution is 2.42. The molecule has 0 bridgehead atoms. The van der Waals surface area contributed by atoms with Crippen LogP contribution in [-0.4, -0.2) is 36.2 Å². The lowest BCUT2D eigenvalue weighted by molar-refractivity contribution is -0.132. The van der Waals surface area contributed by atoms with Crippen molar-refractivity contribution < 1.29 is 22.7 Å². The molecule has 1 fully saturated rings. The molecular formula is C22H21FN4O4S. The maximum Gasteiger partial charge on any atom is 0.286 e. The lowest BCUT2D eigenvalue weighted by Gasteiger charge is -2.39. The van der Waals surface area contributed by atoms with Gasteiger partial charge < -0.3 is 21.1 Å². The number of benzene rings is 2. The lowest BCUT2D eigenvalue weighted by atomic mass is 9.89. The summed E-state index contributed by atoms with van der Waals surface area (Å²) >= 11 is 0. The number of nitrogens with one attached hydrogen (secondary N) is 1. The fourth-order valence-electron chi connectivity index (χ4n) is 4.70. The number of fused-ring (bicyclic) bond motifs is 2. The standard InChI is InChI=1S/C22H21FN4O4S/c23-13-6-4-12(5-7-13)11-27-17-3-1-2-15(17)20(28)19(22(27)29)21-25-16-9-8-14(24)10-18(16)32(30,31)26-21/h4-10,15,17,28H,1-3,11,24H2,(H,25,26). The number of carbonyl (C=O) groups excluding carboxylic acids is 1. The molecular weight excluding hydrogens is 435 g/mol. The van der Waals surface area contributed by atoms with Gasteiger partial charge in [-0.2, -0.15) is 8.42 Å². The van der Waals surface area contributed by atoms with Crippen molar-refractivity contribution in [1.29, 1.82) is 0 Å². The molecule has 166 valence electrons. The predicted octanol–water partition coefficient (Wildman–Crippen LogP) is 2.94. The molecule has 8 nitrogen and oxygen atoms in total. The number of nitrogen functional groups attached to an aromatic ring is 1. The monoisotopic (exact) mass is 456 g/mol. The zero-order chi connectivity index (χ0) is 22.6. The molecule has 10 heteroatoms. The number of nitrogens with two attached hydrogens (primary N) is 1. The molecule has 4 N–H and O–H groups in total. The zero-order valence-corrected chi connectivity index (χ0v) is 17.8.